The summed E-state index contributed by atoms with van der Waals surface area (Å²) in [6, 6.07) is 2.27. The molecule has 3 rings (SSSR count). The van der Waals surface area contributed by atoms with E-state index in [1.165, 1.54) is 55.7 Å². The third-order valence-corrected chi connectivity index (χ3v) is 4.19. The molecule has 0 amide bonds. The van der Waals surface area contributed by atoms with Gasteiger partial charge in [0.15, 0.2) is 0 Å². The van der Waals surface area contributed by atoms with Crippen LogP contribution < -0.4 is 10.6 Å². The Labute approximate surface area is 116 Å². The van der Waals surface area contributed by atoms with E-state index in [0.29, 0.717) is 6.54 Å². The third-order valence-electron chi connectivity index (χ3n) is 4.19. The van der Waals surface area contributed by atoms with E-state index in [1.54, 1.807) is 0 Å². The van der Waals surface area contributed by atoms with Gasteiger partial charge in [-0.25, -0.2) is 4.98 Å². The van der Waals surface area contributed by atoms with Crippen molar-refractivity contribution in [1.82, 2.24) is 4.98 Å². The highest BCUT2D eigenvalue weighted by Crippen LogP contribution is 2.36. The van der Waals surface area contributed by atoms with Crippen LogP contribution >= 0.6 is 0 Å². The molecule has 0 spiro atoms. The van der Waals surface area contributed by atoms with E-state index in [0.717, 1.165) is 18.3 Å². The Bertz CT molecular complexity index is 422. The molecule has 1 aromatic rings. The van der Waals surface area contributed by atoms with E-state index in [1.807, 2.05) is 6.20 Å². The van der Waals surface area contributed by atoms with Crippen LogP contribution in [0.15, 0.2) is 12.3 Å². The van der Waals surface area contributed by atoms with Crippen molar-refractivity contribution in [3.05, 3.63) is 23.4 Å². The number of hydrogen-bond acceptors (Lipinski definition) is 3. The van der Waals surface area contributed by atoms with E-state index in [4.69, 9.17) is 10.7 Å². The van der Waals surface area contributed by atoms with Crippen LogP contribution in [0.5, 0.6) is 0 Å². The average Bonchev–Trinajstić information content (AvgIpc) is 3.24. The lowest BCUT2D eigenvalue weighted by Gasteiger charge is -2.25. The van der Waals surface area contributed by atoms with Gasteiger partial charge >= 0.3 is 0 Å². The molecule has 0 bridgehead atoms. The smallest absolute Gasteiger partial charge is 0.131 e. The molecule has 0 atom stereocenters. The maximum absolute atomic E-state index is 5.62. The van der Waals surface area contributed by atoms with Gasteiger partial charge in [-0.15, -0.1) is 0 Å². The number of aryl methyl sites for hydroxylation is 1. The molecule has 2 aliphatic rings. The van der Waals surface area contributed by atoms with Gasteiger partial charge in [0.2, 0.25) is 0 Å². The number of nitrogens with two attached hydrogens (primary N) is 1. The quantitative estimate of drug-likeness (QED) is 0.818. The van der Waals surface area contributed by atoms with E-state index in [-0.39, 0.29) is 0 Å². The first-order valence-electron chi connectivity index (χ1n) is 7.67. The molecule has 2 fully saturated rings. The standard InChI is InChI=1S/C16H25N3/c1-12-8-15(6-7-17)9-18-16(12)19(10-13-2-3-13)11-14-4-5-14/h8-9,13-14H,2-7,10-11,17H2,1H3. The number of pyridine rings is 1. The number of anilines is 1. The fraction of sp³-hybridized carbons (Fsp3) is 0.688. The second-order valence-corrected chi connectivity index (χ2v) is 6.31. The largest absolute Gasteiger partial charge is 0.356 e. The molecule has 2 N–H and O–H groups in total. The summed E-state index contributed by atoms with van der Waals surface area (Å²) in [5, 5.41) is 0. The van der Waals surface area contributed by atoms with Crippen LogP contribution in [-0.4, -0.2) is 24.6 Å². The van der Waals surface area contributed by atoms with Gasteiger partial charge in [-0.05, 0) is 68.5 Å². The van der Waals surface area contributed by atoms with Crippen molar-refractivity contribution < 1.29 is 0 Å². The summed E-state index contributed by atoms with van der Waals surface area (Å²) in [4.78, 5) is 7.27. The summed E-state index contributed by atoms with van der Waals surface area (Å²) in [5.41, 5.74) is 8.20. The molecule has 0 aromatic carbocycles. The Kier molecular flexibility index (Phi) is 3.74. The second-order valence-electron chi connectivity index (χ2n) is 6.31. The summed E-state index contributed by atoms with van der Waals surface area (Å²) >= 11 is 0. The van der Waals surface area contributed by atoms with E-state index >= 15 is 0 Å². The van der Waals surface area contributed by atoms with Crippen LogP contribution in [0.4, 0.5) is 5.82 Å². The van der Waals surface area contributed by atoms with Gasteiger partial charge in [-0.1, -0.05) is 6.07 Å². The van der Waals surface area contributed by atoms with Gasteiger partial charge in [0.1, 0.15) is 5.82 Å². The minimum atomic E-state index is 0.703. The molecule has 1 aromatic heterocycles. The summed E-state index contributed by atoms with van der Waals surface area (Å²) in [5.74, 6) is 3.05. The Morgan fingerprint density at radius 3 is 2.32 bits per heavy atom. The fourth-order valence-electron chi connectivity index (χ4n) is 2.73. The van der Waals surface area contributed by atoms with E-state index in [2.05, 4.69) is 17.9 Å². The molecule has 0 saturated heterocycles. The Morgan fingerprint density at radius 1 is 1.21 bits per heavy atom. The predicted molar refractivity (Wildman–Crippen MR) is 79.4 cm³/mol. The molecule has 0 unspecified atom stereocenters. The normalized spacial score (nSPS) is 18.6. The van der Waals surface area contributed by atoms with Crippen LogP contribution in [-0.2, 0) is 6.42 Å². The van der Waals surface area contributed by atoms with E-state index in [9.17, 15) is 0 Å². The van der Waals surface area contributed by atoms with Gasteiger partial charge in [0, 0.05) is 19.3 Å². The van der Waals surface area contributed by atoms with E-state index < -0.39 is 0 Å². The van der Waals surface area contributed by atoms with Crippen molar-refractivity contribution in [2.24, 2.45) is 17.6 Å². The highest BCUT2D eigenvalue weighted by atomic mass is 15.2. The summed E-state index contributed by atoms with van der Waals surface area (Å²) < 4.78 is 0. The third kappa shape index (κ3) is 3.47. The van der Waals surface area contributed by atoms with Gasteiger partial charge in [-0.3, -0.25) is 0 Å². The molecule has 3 nitrogen and oxygen atoms in total. The maximum atomic E-state index is 5.62. The van der Waals surface area contributed by atoms with Crippen LogP contribution in [0.3, 0.4) is 0 Å². The minimum absolute atomic E-state index is 0.703. The van der Waals surface area contributed by atoms with Crippen LogP contribution in [0.2, 0.25) is 0 Å². The Balaban J connectivity index is 1.75. The van der Waals surface area contributed by atoms with Gasteiger partial charge in [-0.2, -0.15) is 0 Å². The molecule has 104 valence electrons. The summed E-state index contributed by atoms with van der Waals surface area (Å²) in [6.07, 6.45) is 8.58. The zero-order valence-electron chi connectivity index (χ0n) is 11.9. The van der Waals surface area contributed by atoms with Crippen molar-refractivity contribution in [3.8, 4) is 0 Å². The van der Waals surface area contributed by atoms with Crippen molar-refractivity contribution in [2.75, 3.05) is 24.5 Å². The molecular weight excluding hydrogens is 234 g/mol. The lowest BCUT2D eigenvalue weighted by molar-refractivity contribution is 0.669. The van der Waals surface area contributed by atoms with Crippen LogP contribution in [0, 0.1) is 18.8 Å². The first-order valence-corrected chi connectivity index (χ1v) is 7.67. The molecule has 2 aliphatic carbocycles. The Morgan fingerprint density at radius 2 is 1.84 bits per heavy atom. The number of rotatable bonds is 7. The summed E-state index contributed by atoms with van der Waals surface area (Å²) in [7, 11) is 0. The first kappa shape index (κ1) is 12.9. The van der Waals surface area contributed by atoms with Gasteiger partial charge in [0.25, 0.3) is 0 Å². The molecule has 0 aliphatic heterocycles. The predicted octanol–water partition coefficient (Wildman–Crippen LogP) is 2.52. The lowest BCUT2D eigenvalue weighted by atomic mass is 10.1. The second kappa shape index (κ2) is 5.49. The SMILES string of the molecule is Cc1cc(CCN)cnc1N(CC1CC1)CC1CC1. The van der Waals surface area contributed by atoms with Gasteiger partial charge in [0.05, 0.1) is 0 Å². The maximum Gasteiger partial charge on any atom is 0.131 e. The summed E-state index contributed by atoms with van der Waals surface area (Å²) in [6.45, 7) is 5.31. The Hall–Kier alpha value is -1.09. The molecule has 3 heteroatoms. The van der Waals surface area contributed by atoms with Crippen LogP contribution in [0.25, 0.3) is 0 Å². The average molecular weight is 259 g/mol. The highest BCUT2D eigenvalue weighted by molar-refractivity contribution is 5.48. The molecular formula is C16H25N3. The molecule has 1 heterocycles. The first-order chi connectivity index (χ1) is 9.26. The van der Waals surface area contributed by atoms with Crippen molar-refractivity contribution in [3.63, 3.8) is 0 Å². The zero-order chi connectivity index (χ0) is 13.2. The van der Waals surface area contributed by atoms with Crippen molar-refractivity contribution >= 4 is 5.82 Å². The van der Waals surface area contributed by atoms with Crippen molar-refractivity contribution in [2.45, 2.75) is 39.0 Å². The number of nitrogens with zero attached hydrogens (tertiary/aromatic N) is 2. The topological polar surface area (TPSA) is 42.1 Å². The van der Waals surface area contributed by atoms with Crippen LogP contribution in [0.1, 0.15) is 36.8 Å². The number of aromatic nitrogens is 1. The lowest BCUT2D eigenvalue weighted by Crippen LogP contribution is -2.29. The van der Waals surface area contributed by atoms with Gasteiger partial charge < -0.3 is 10.6 Å². The van der Waals surface area contributed by atoms with Crippen molar-refractivity contribution in [1.29, 1.82) is 0 Å². The monoisotopic (exact) mass is 259 g/mol. The highest BCUT2D eigenvalue weighted by Gasteiger charge is 2.30. The minimum Gasteiger partial charge on any atom is -0.356 e. The fourth-order valence-corrected chi connectivity index (χ4v) is 2.73. The molecule has 0 radical (unpaired) electrons. The molecule has 2 saturated carbocycles. The number of hydrogen-bond donors (Lipinski definition) is 1. The zero-order valence-corrected chi connectivity index (χ0v) is 11.9. The molecule has 19 heavy (non-hydrogen) atoms.